The van der Waals surface area contributed by atoms with Crippen molar-refractivity contribution < 1.29 is 4.39 Å². The van der Waals surface area contributed by atoms with Gasteiger partial charge < -0.3 is 0 Å². The third-order valence-electron chi connectivity index (χ3n) is 1.52. The van der Waals surface area contributed by atoms with Gasteiger partial charge in [0.15, 0.2) is 0 Å². The van der Waals surface area contributed by atoms with Crippen molar-refractivity contribution in [3.63, 3.8) is 0 Å². The van der Waals surface area contributed by atoms with Gasteiger partial charge >= 0.3 is 0 Å². The Kier molecular flexibility index (Phi) is 2.45. The van der Waals surface area contributed by atoms with Crippen LogP contribution in [0, 0.1) is 0 Å². The number of halogens is 2. The maximum absolute atomic E-state index is 13.1. The predicted octanol–water partition coefficient (Wildman–Crippen LogP) is 3.17. The number of allylic oxidation sites excluding steroid dienone is 3. The van der Waals surface area contributed by atoms with Gasteiger partial charge in [-0.15, -0.1) is 0 Å². The van der Waals surface area contributed by atoms with E-state index in [1.54, 1.807) is 13.8 Å². The summed E-state index contributed by atoms with van der Waals surface area (Å²) in [6, 6.07) is 0. The van der Waals surface area contributed by atoms with Gasteiger partial charge in [0.1, 0.15) is 5.83 Å². The van der Waals surface area contributed by atoms with Gasteiger partial charge in [0.2, 0.25) is 0 Å². The molecule has 1 rings (SSSR count). The van der Waals surface area contributed by atoms with Crippen molar-refractivity contribution in [2.75, 3.05) is 0 Å². The fourth-order valence-electron chi connectivity index (χ4n) is 0.909. The molecule has 1 nitrogen and oxygen atoms in total. The van der Waals surface area contributed by atoms with Crippen LogP contribution in [0.4, 0.5) is 4.39 Å². The lowest BCUT2D eigenvalue weighted by molar-refractivity contribution is 0.665. The summed E-state index contributed by atoms with van der Waals surface area (Å²) in [6.07, 6.45) is 1.96. The lowest BCUT2D eigenvalue weighted by Gasteiger charge is -1.98. The van der Waals surface area contributed by atoms with Gasteiger partial charge in [0, 0.05) is 17.7 Å². The normalized spacial score (nSPS) is 19.3. The highest BCUT2D eigenvalue weighted by atomic mass is 35.5. The first kappa shape index (κ1) is 8.47. The van der Waals surface area contributed by atoms with Crippen LogP contribution in [0.5, 0.6) is 0 Å². The Morgan fingerprint density at radius 1 is 1.55 bits per heavy atom. The zero-order valence-electron chi connectivity index (χ0n) is 6.49. The number of hydrogen-bond donors (Lipinski definition) is 0. The summed E-state index contributed by atoms with van der Waals surface area (Å²) in [5.74, 6) is -0.239. The second kappa shape index (κ2) is 3.18. The molecule has 0 aromatic rings. The number of nitrogens with zero attached hydrogens (tertiary/aromatic N) is 1. The van der Waals surface area contributed by atoms with E-state index in [1.807, 2.05) is 0 Å². The summed E-state index contributed by atoms with van der Waals surface area (Å²) in [4.78, 5) is 3.83. The largest absolute Gasteiger partial charge is 0.257 e. The predicted molar refractivity (Wildman–Crippen MR) is 45.5 cm³/mol. The molecular formula is C8H9ClFN. The van der Waals surface area contributed by atoms with E-state index in [2.05, 4.69) is 4.99 Å². The van der Waals surface area contributed by atoms with E-state index in [1.165, 1.54) is 6.20 Å². The quantitative estimate of drug-likeness (QED) is 0.534. The number of hydrogen-bond acceptors (Lipinski definition) is 1. The molecule has 0 bridgehead atoms. The molecule has 60 valence electrons. The van der Waals surface area contributed by atoms with E-state index in [0.717, 1.165) is 0 Å². The average molecular weight is 174 g/mol. The van der Waals surface area contributed by atoms with Crippen molar-refractivity contribution >= 4 is 17.3 Å². The van der Waals surface area contributed by atoms with Crippen LogP contribution in [0.3, 0.4) is 0 Å². The fraction of sp³-hybridized carbons (Fsp3) is 0.375. The van der Waals surface area contributed by atoms with Gasteiger partial charge in [-0.2, -0.15) is 0 Å². The molecule has 3 heteroatoms. The molecule has 0 saturated heterocycles. The van der Waals surface area contributed by atoms with Gasteiger partial charge in [-0.05, 0) is 19.4 Å². The molecule has 1 aliphatic rings. The number of aliphatic imine (C=N–C) groups is 1. The van der Waals surface area contributed by atoms with Crippen molar-refractivity contribution in [3.05, 3.63) is 22.6 Å². The Bertz CT molecular complexity index is 258. The average Bonchev–Trinajstić information content (AvgIpc) is 2.05. The topological polar surface area (TPSA) is 12.4 Å². The second-order valence-corrected chi connectivity index (χ2v) is 3.05. The van der Waals surface area contributed by atoms with E-state index >= 15 is 0 Å². The summed E-state index contributed by atoms with van der Waals surface area (Å²) < 4.78 is 13.1. The SMILES string of the molecule is CC1=NC=C(Cl)CC(C)=C1F. The van der Waals surface area contributed by atoms with E-state index in [4.69, 9.17) is 11.6 Å². The minimum Gasteiger partial charge on any atom is -0.257 e. The first-order chi connectivity index (χ1) is 5.11. The molecule has 0 amide bonds. The number of rotatable bonds is 0. The van der Waals surface area contributed by atoms with E-state index in [0.29, 0.717) is 22.7 Å². The van der Waals surface area contributed by atoms with Crippen LogP contribution in [0.25, 0.3) is 0 Å². The first-order valence-corrected chi connectivity index (χ1v) is 3.73. The standard InChI is InChI=1S/C8H9ClFN/c1-5-3-7(9)4-11-6(2)8(5)10/h4H,3H2,1-2H3. The molecule has 0 unspecified atom stereocenters. The lowest BCUT2D eigenvalue weighted by atomic mass is 10.1. The lowest BCUT2D eigenvalue weighted by Crippen LogP contribution is -1.92. The summed E-state index contributed by atoms with van der Waals surface area (Å²) in [5.41, 5.74) is 1.04. The molecule has 0 aromatic heterocycles. The highest BCUT2D eigenvalue weighted by Gasteiger charge is 2.09. The highest BCUT2D eigenvalue weighted by Crippen LogP contribution is 2.22. The molecule has 0 radical (unpaired) electrons. The molecule has 1 aliphatic heterocycles. The minimum atomic E-state index is -0.239. The molecule has 0 atom stereocenters. The Labute approximate surface area is 70.3 Å². The minimum absolute atomic E-state index is 0.239. The molecule has 0 fully saturated rings. The Balaban J connectivity index is 3.05. The van der Waals surface area contributed by atoms with Crippen LogP contribution in [-0.4, -0.2) is 5.71 Å². The Morgan fingerprint density at radius 3 is 2.82 bits per heavy atom. The van der Waals surface area contributed by atoms with Crippen molar-refractivity contribution in [3.8, 4) is 0 Å². The molecular weight excluding hydrogens is 165 g/mol. The van der Waals surface area contributed by atoms with Crippen LogP contribution < -0.4 is 0 Å². The highest BCUT2D eigenvalue weighted by molar-refractivity contribution is 6.30. The Morgan fingerprint density at radius 2 is 2.18 bits per heavy atom. The molecule has 1 heterocycles. The zero-order valence-corrected chi connectivity index (χ0v) is 7.24. The van der Waals surface area contributed by atoms with Gasteiger partial charge in [-0.25, -0.2) is 4.39 Å². The van der Waals surface area contributed by atoms with Crippen molar-refractivity contribution in [1.29, 1.82) is 0 Å². The maximum atomic E-state index is 13.1. The van der Waals surface area contributed by atoms with E-state index in [9.17, 15) is 4.39 Å². The zero-order chi connectivity index (χ0) is 8.43. The van der Waals surface area contributed by atoms with Gasteiger partial charge in [-0.3, -0.25) is 4.99 Å². The van der Waals surface area contributed by atoms with Crippen molar-refractivity contribution in [2.24, 2.45) is 4.99 Å². The van der Waals surface area contributed by atoms with Gasteiger partial charge in [0.05, 0.1) is 5.71 Å². The summed E-state index contributed by atoms with van der Waals surface area (Å²) in [5, 5.41) is 0.578. The van der Waals surface area contributed by atoms with Crippen LogP contribution in [0.2, 0.25) is 0 Å². The summed E-state index contributed by atoms with van der Waals surface area (Å²) in [6.45, 7) is 3.35. The fourth-order valence-corrected chi connectivity index (χ4v) is 1.16. The smallest absolute Gasteiger partial charge is 0.143 e. The summed E-state index contributed by atoms with van der Waals surface area (Å²) >= 11 is 5.70. The van der Waals surface area contributed by atoms with Crippen molar-refractivity contribution in [1.82, 2.24) is 0 Å². The van der Waals surface area contributed by atoms with Gasteiger partial charge in [-0.1, -0.05) is 11.6 Å². The Hall–Kier alpha value is -0.630. The molecule has 0 spiro atoms. The first-order valence-electron chi connectivity index (χ1n) is 3.36. The third-order valence-corrected chi connectivity index (χ3v) is 1.76. The van der Waals surface area contributed by atoms with Crippen LogP contribution in [0.15, 0.2) is 27.6 Å². The van der Waals surface area contributed by atoms with Crippen LogP contribution >= 0.6 is 11.6 Å². The van der Waals surface area contributed by atoms with E-state index < -0.39 is 0 Å². The third kappa shape index (κ3) is 1.90. The van der Waals surface area contributed by atoms with E-state index in [-0.39, 0.29) is 5.83 Å². The molecule has 0 aromatic carbocycles. The second-order valence-electron chi connectivity index (χ2n) is 2.56. The molecule has 0 N–H and O–H groups in total. The molecule has 11 heavy (non-hydrogen) atoms. The molecule has 0 saturated carbocycles. The molecule has 0 aliphatic carbocycles. The monoisotopic (exact) mass is 173 g/mol. The summed E-state index contributed by atoms with van der Waals surface area (Å²) in [7, 11) is 0. The van der Waals surface area contributed by atoms with Crippen LogP contribution in [-0.2, 0) is 0 Å². The van der Waals surface area contributed by atoms with Crippen molar-refractivity contribution in [2.45, 2.75) is 20.3 Å². The van der Waals surface area contributed by atoms with Gasteiger partial charge in [0.25, 0.3) is 0 Å². The van der Waals surface area contributed by atoms with Crippen LogP contribution in [0.1, 0.15) is 20.3 Å². The maximum Gasteiger partial charge on any atom is 0.143 e.